The van der Waals surface area contributed by atoms with Crippen LogP contribution in [-0.4, -0.2) is 62.2 Å². The summed E-state index contributed by atoms with van der Waals surface area (Å²) in [7, 11) is 0. The molecule has 114 valence electrons. The third kappa shape index (κ3) is 7.28. The molecule has 1 saturated heterocycles. The molecule has 1 atom stereocenters. The molecule has 0 aliphatic carbocycles. The third-order valence-corrected chi connectivity index (χ3v) is 4.54. The van der Waals surface area contributed by atoms with Gasteiger partial charge in [0.2, 0.25) is 0 Å². The van der Waals surface area contributed by atoms with Crippen LogP contribution in [0.25, 0.3) is 0 Å². The lowest BCUT2D eigenvalue weighted by molar-refractivity contribution is 0.237. The van der Waals surface area contributed by atoms with Gasteiger partial charge in [0.1, 0.15) is 0 Å². The van der Waals surface area contributed by atoms with E-state index in [1.54, 1.807) is 0 Å². The SMILES string of the molecule is CCN(CC)CCCN(CC)CCCC1CCNC1. The Morgan fingerprint density at radius 2 is 1.53 bits per heavy atom. The number of hydrogen-bond acceptors (Lipinski definition) is 3. The molecule has 0 spiro atoms. The Bertz CT molecular complexity index is 190. The lowest BCUT2D eigenvalue weighted by Crippen LogP contribution is -2.30. The third-order valence-electron chi connectivity index (χ3n) is 4.54. The Morgan fingerprint density at radius 3 is 2.11 bits per heavy atom. The second-order valence-electron chi connectivity index (χ2n) is 5.82. The van der Waals surface area contributed by atoms with E-state index in [2.05, 4.69) is 35.9 Å². The van der Waals surface area contributed by atoms with Crippen LogP contribution in [0, 0.1) is 5.92 Å². The van der Waals surface area contributed by atoms with Crippen LogP contribution in [0.3, 0.4) is 0 Å². The van der Waals surface area contributed by atoms with Crippen LogP contribution >= 0.6 is 0 Å². The zero-order valence-electron chi connectivity index (χ0n) is 13.5. The van der Waals surface area contributed by atoms with Crippen LogP contribution in [0.1, 0.15) is 46.5 Å². The molecule has 1 unspecified atom stereocenters. The number of rotatable bonds is 11. The molecular weight excluding hydrogens is 234 g/mol. The fraction of sp³-hybridized carbons (Fsp3) is 1.00. The molecule has 0 saturated carbocycles. The molecule has 1 aliphatic heterocycles. The topological polar surface area (TPSA) is 18.5 Å². The molecule has 0 aromatic heterocycles. The number of nitrogens with zero attached hydrogens (tertiary/aromatic N) is 2. The summed E-state index contributed by atoms with van der Waals surface area (Å²) in [4.78, 5) is 5.16. The van der Waals surface area contributed by atoms with Crippen molar-refractivity contribution in [1.82, 2.24) is 15.1 Å². The highest BCUT2D eigenvalue weighted by molar-refractivity contribution is 4.71. The van der Waals surface area contributed by atoms with Gasteiger partial charge in [-0.3, -0.25) is 0 Å². The van der Waals surface area contributed by atoms with Crippen LogP contribution < -0.4 is 5.32 Å². The minimum absolute atomic E-state index is 0.953. The maximum atomic E-state index is 3.46. The van der Waals surface area contributed by atoms with Crippen molar-refractivity contribution >= 4 is 0 Å². The molecule has 1 heterocycles. The van der Waals surface area contributed by atoms with Gasteiger partial charge in [0.25, 0.3) is 0 Å². The molecule has 1 N–H and O–H groups in total. The minimum Gasteiger partial charge on any atom is -0.316 e. The van der Waals surface area contributed by atoms with Gasteiger partial charge in [-0.25, -0.2) is 0 Å². The Morgan fingerprint density at radius 1 is 0.895 bits per heavy atom. The first kappa shape index (κ1) is 16.9. The van der Waals surface area contributed by atoms with E-state index in [-0.39, 0.29) is 0 Å². The van der Waals surface area contributed by atoms with Crippen LogP contribution in [0.5, 0.6) is 0 Å². The largest absolute Gasteiger partial charge is 0.316 e. The van der Waals surface area contributed by atoms with Crippen molar-refractivity contribution in [2.45, 2.75) is 46.5 Å². The highest BCUT2D eigenvalue weighted by Gasteiger charge is 2.14. The van der Waals surface area contributed by atoms with Gasteiger partial charge < -0.3 is 15.1 Å². The second kappa shape index (κ2) is 10.6. The predicted octanol–water partition coefficient (Wildman–Crippen LogP) is 2.43. The maximum absolute atomic E-state index is 3.46. The summed E-state index contributed by atoms with van der Waals surface area (Å²) in [5, 5.41) is 3.46. The Kier molecular flexibility index (Phi) is 9.48. The molecule has 0 aromatic carbocycles. The highest BCUT2D eigenvalue weighted by Crippen LogP contribution is 2.14. The van der Waals surface area contributed by atoms with Crippen LogP contribution in [0.15, 0.2) is 0 Å². The number of hydrogen-bond donors (Lipinski definition) is 1. The maximum Gasteiger partial charge on any atom is -0.000666 e. The first-order valence-electron chi connectivity index (χ1n) is 8.45. The quantitative estimate of drug-likeness (QED) is 0.621. The van der Waals surface area contributed by atoms with Gasteiger partial charge in [-0.2, -0.15) is 0 Å². The van der Waals surface area contributed by atoms with E-state index in [0.717, 1.165) is 5.92 Å². The Balaban J connectivity index is 2.04. The van der Waals surface area contributed by atoms with Crippen molar-refractivity contribution in [3.63, 3.8) is 0 Å². The normalized spacial score (nSPS) is 19.7. The van der Waals surface area contributed by atoms with Crippen molar-refractivity contribution in [3.8, 4) is 0 Å². The van der Waals surface area contributed by atoms with Crippen molar-refractivity contribution in [2.24, 2.45) is 5.92 Å². The van der Waals surface area contributed by atoms with Crippen LogP contribution in [0.4, 0.5) is 0 Å². The fourth-order valence-electron chi connectivity index (χ4n) is 3.05. The molecule has 0 amide bonds. The standard InChI is InChI=1S/C16H35N3/c1-4-18(5-2)13-8-14-19(6-3)12-7-9-16-10-11-17-15-16/h16-17H,4-15H2,1-3H3. The molecule has 1 rings (SSSR count). The molecule has 3 heteroatoms. The highest BCUT2D eigenvalue weighted by atomic mass is 15.1. The summed E-state index contributed by atoms with van der Waals surface area (Å²) < 4.78 is 0. The van der Waals surface area contributed by atoms with Crippen molar-refractivity contribution < 1.29 is 0 Å². The summed E-state index contributed by atoms with van der Waals surface area (Å²) in [5.74, 6) is 0.953. The van der Waals surface area contributed by atoms with E-state index in [9.17, 15) is 0 Å². The van der Waals surface area contributed by atoms with Crippen LogP contribution in [-0.2, 0) is 0 Å². The first-order chi connectivity index (χ1) is 9.30. The van der Waals surface area contributed by atoms with Gasteiger partial charge in [-0.05, 0) is 84.0 Å². The van der Waals surface area contributed by atoms with E-state index in [1.165, 1.54) is 78.0 Å². The molecule has 19 heavy (non-hydrogen) atoms. The summed E-state index contributed by atoms with van der Waals surface area (Å²) in [6.45, 7) is 16.7. The number of nitrogens with one attached hydrogen (secondary N) is 1. The molecule has 1 aliphatic rings. The van der Waals surface area contributed by atoms with Gasteiger partial charge >= 0.3 is 0 Å². The summed E-state index contributed by atoms with van der Waals surface area (Å²) in [5.41, 5.74) is 0. The van der Waals surface area contributed by atoms with E-state index >= 15 is 0 Å². The van der Waals surface area contributed by atoms with Crippen molar-refractivity contribution in [2.75, 3.05) is 52.4 Å². The monoisotopic (exact) mass is 269 g/mol. The molecule has 0 bridgehead atoms. The van der Waals surface area contributed by atoms with Gasteiger partial charge in [0.15, 0.2) is 0 Å². The minimum atomic E-state index is 0.953. The Labute approximate surface area is 120 Å². The van der Waals surface area contributed by atoms with Gasteiger partial charge in [0, 0.05) is 0 Å². The smallest absolute Gasteiger partial charge is 0.000666 e. The van der Waals surface area contributed by atoms with Crippen molar-refractivity contribution in [1.29, 1.82) is 0 Å². The lowest BCUT2D eigenvalue weighted by Gasteiger charge is -2.23. The molecule has 0 aromatic rings. The average Bonchev–Trinajstić information content (AvgIpc) is 2.95. The summed E-state index contributed by atoms with van der Waals surface area (Å²) >= 11 is 0. The lowest BCUT2D eigenvalue weighted by atomic mass is 10.0. The predicted molar refractivity (Wildman–Crippen MR) is 84.7 cm³/mol. The van der Waals surface area contributed by atoms with E-state index in [1.807, 2.05) is 0 Å². The molecule has 3 nitrogen and oxygen atoms in total. The Hall–Kier alpha value is -0.120. The molecule has 1 fully saturated rings. The van der Waals surface area contributed by atoms with Crippen LogP contribution in [0.2, 0.25) is 0 Å². The van der Waals surface area contributed by atoms with E-state index in [0.29, 0.717) is 0 Å². The second-order valence-corrected chi connectivity index (χ2v) is 5.82. The summed E-state index contributed by atoms with van der Waals surface area (Å²) in [6, 6.07) is 0. The fourth-order valence-corrected chi connectivity index (χ4v) is 3.05. The average molecular weight is 269 g/mol. The van der Waals surface area contributed by atoms with E-state index < -0.39 is 0 Å². The van der Waals surface area contributed by atoms with Gasteiger partial charge in [-0.15, -0.1) is 0 Å². The first-order valence-corrected chi connectivity index (χ1v) is 8.45. The molecule has 0 radical (unpaired) electrons. The van der Waals surface area contributed by atoms with E-state index in [4.69, 9.17) is 0 Å². The van der Waals surface area contributed by atoms with Gasteiger partial charge in [-0.1, -0.05) is 20.8 Å². The van der Waals surface area contributed by atoms with Gasteiger partial charge in [0.05, 0.1) is 0 Å². The molecular formula is C16H35N3. The summed E-state index contributed by atoms with van der Waals surface area (Å²) in [6.07, 6.45) is 5.51. The zero-order valence-corrected chi connectivity index (χ0v) is 13.5. The zero-order chi connectivity index (χ0) is 13.9. The van der Waals surface area contributed by atoms with Crippen molar-refractivity contribution in [3.05, 3.63) is 0 Å².